The number of nitriles is 1. The van der Waals surface area contributed by atoms with E-state index < -0.39 is 0 Å². The molecule has 5 nitrogen and oxygen atoms in total. The summed E-state index contributed by atoms with van der Waals surface area (Å²) < 4.78 is 13.8. The first-order chi connectivity index (χ1) is 12.7. The number of para-hydroxylation sites is 1. The summed E-state index contributed by atoms with van der Waals surface area (Å²) in [5.41, 5.74) is 3.23. The number of halogens is 2. The van der Waals surface area contributed by atoms with Gasteiger partial charge in [-0.1, -0.05) is 18.2 Å². The Morgan fingerprint density at radius 3 is 2.78 bits per heavy atom. The lowest BCUT2D eigenvalue weighted by atomic mass is 10.1. The lowest BCUT2D eigenvalue weighted by Gasteiger charge is -2.12. The van der Waals surface area contributed by atoms with Gasteiger partial charge in [0.15, 0.2) is 5.96 Å². The number of benzene rings is 2. The van der Waals surface area contributed by atoms with Crippen molar-refractivity contribution in [1.29, 1.82) is 5.26 Å². The standard InChI is InChI=1S/C20H20FN5.HI/c1-23-20(26-13-16-10-14(11-22)6-7-18(16)21)24-9-8-15-12-25-19-5-3-2-4-17(15)19;/h2-7,10,12,25H,8-9,13H2,1H3,(H2,23,24,26);1H. The highest BCUT2D eigenvalue weighted by molar-refractivity contribution is 14.0. The van der Waals surface area contributed by atoms with Gasteiger partial charge in [0.1, 0.15) is 5.82 Å². The Labute approximate surface area is 174 Å². The van der Waals surface area contributed by atoms with Gasteiger partial charge in [-0.05, 0) is 36.2 Å². The van der Waals surface area contributed by atoms with Crippen LogP contribution in [0.2, 0.25) is 0 Å². The van der Waals surface area contributed by atoms with Crippen molar-refractivity contribution in [2.24, 2.45) is 4.99 Å². The number of aliphatic imine (C=N–C) groups is 1. The molecule has 0 aliphatic heterocycles. The molecule has 0 bridgehead atoms. The van der Waals surface area contributed by atoms with Gasteiger partial charge in [0.2, 0.25) is 0 Å². The predicted molar refractivity (Wildman–Crippen MR) is 117 cm³/mol. The van der Waals surface area contributed by atoms with E-state index in [0.29, 0.717) is 23.6 Å². The van der Waals surface area contributed by atoms with E-state index in [1.54, 1.807) is 13.1 Å². The van der Waals surface area contributed by atoms with Gasteiger partial charge < -0.3 is 15.6 Å². The van der Waals surface area contributed by atoms with Crippen molar-refractivity contribution in [2.45, 2.75) is 13.0 Å². The highest BCUT2D eigenvalue weighted by atomic mass is 127. The monoisotopic (exact) mass is 477 g/mol. The molecule has 3 N–H and O–H groups in total. The molecule has 140 valence electrons. The Bertz CT molecular complexity index is 974. The van der Waals surface area contributed by atoms with Crippen molar-refractivity contribution < 1.29 is 4.39 Å². The number of H-pyrrole nitrogens is 1. The van der Waals surface area contributed by atoms with Crippen LogP contribution in [0.5, 0.6) is 0 Å². The molecule has 0 unspecified atom stereocenters. The van der Waals surface area contributed by atoms with E-state index in [0.717, 1.165) is 11.9 Å². The van der Waals surface area contributed by atoms with Crippen LogP contribution in [0.15, 0.2) is 53.7 Å². The summed E-state index contributed by atoms with van der Waals surface area (Å²) >= 11 is 0. The van der Waals surface area contributed by atoms with E-state index >= 15 is 0 Å². The highest BCUT2D eigenvalue weighted by Gasteiger charge is 2.06. The number of nitrogens with one attached hydrogen (secondary N) is 3. The Kier molecular flexibility index (Phi) is 7.61. The van der Waals surface area contributed by atoms with Crippen molar-refractivity contribution >= 4 is 40.8 Å². The lowest BCUT2D eigenvalue weighted by molar-refractivity contribution is 0.604. The van der Waals surface area contributed by atoms with E-state index in [2.05, 4.69) is 32.7 Å². The molecule has 0 saturated heterocycles. The molecule has 0 aliphatic rings. The Morgan fingerprint density at radius 2 is 2.00 bits per heavy atom. The fourth-order valence-electron chi connectivity index (χ4n) is 2.83. The van der Waals surface area contributed by atoms with Crippen LogP contribution in [0.3, 0.4) is 0 Å². The molecule has 3 rings (SSSR count). The second kappa shape index (κ2) is 9.92. The molecule has 27 heavy (non-hydrogen) atoms. The number of hydrogen-bond acceptors (Lipinski definition) is 2. The van der Waals surface area contributed by atoms with Crippen molar-refractivity contribution in [2.75, 3.05) is 13.6 Å². The molecule has 0 amide bonds. The average molecular weight is 477 g/mol. The number of guanidine groups is 1. The van der Waals surface area contributed by atoms with Crippen LogP contribution in [0.1, 0.15) is 16.7 Å². The summed E-state index contributed by atoms with van der Waals surface area (Å²) in [6.07, 6.45) is 2.86. The third kappa shape index (κ3) is 5.20. The SMILES string of the molecule is CN=C(NCCc1c[nH]c2ccccc12)NCc1cc(C#N)ccc1F.I. The van der Waals surface area contributed by atoms with Gasteiger partial charge in [-0.15, -0.1) is 24.0 Å². The van der Waals surface area contributed by atoms with Crippen LogP contribution in [-0.2, 0) is 13.0 Å². The van der Waals surface area contributed by atoms with Crippen LogP contribution in [0.4, 0.5) is 4.39 Å². The third-order valence-corrected chi connectivity index (χ3v) is 4.21. The Hall–Kier alpha value is -2.60. The largest absolute Gasteiger partial charge is 0.361 e. The molecule has 1 heterocycles. The van der Waals surface area contributed by atoms with E-state index in [1.807, 2.05) is 24.4 Å². The number of aromatic nitrogens is 1. The van der Waals surface area contributed by atoms with Crippen LogP contribution < -0.4 is 10.6 Å². The number of hydrogen-bond donors (Lipinski definition) is 3. The quantitative estimate of drug-likeness (QED) is 0.298. The molecule has 0 saturated carbocycles. The van der Waals surface area contributed by atoms with Crippen molar-refractivity contribution in [3.8, 4) is 6.07 Å². The zero-order chi connectivity index (χ0) is 18.4. The zero-order valence-corrected chi connectivity index (χ0v) is 17.3. The summed E-state index contributed by atoms with van der Waals surface area (Å²) in [6, 6.07) is 14.5. The Balaban J connectivity index is 0.00000261. The van der Waals surface area contributed by atoms with Crippen LogP contribution in [0.25, 0.3) is 10.9 Å². The first kappa shape index (κ1) is 20.7. The van der Waals surface area contributed by atoms with E-state index in [1.165, 1.54) is 23.1 Å². The molecule has 3 aromatic rings. The average Bonchev–Trinajstić information content (AvgIpc) is 3.09. The molecule has 1 aromatic heterocycles. The second-order valence-electron chi connectivity index (χ2n) is 5.88. The smallest absolute Gasteiger partial charge is 0.191 e. The van der Waals surface area contributed by atoms with E-state index in [4.69, 9.17) is 5.26 Å². The maximum atomic E-state index is 13.8. The molecule has 0 radical (unpaired) electrons. The van der Waals surface area contributed by atoms with Gasteiger partial charge in [-0.2, -0.15) is 5.26 Å². The third-order valence-electron chi connectivity index (χ3n) is 4.21. The maximum Gasteiger partial charge on any atom is 0.191 e. The van der Waals surface area contributed by atoms with Crippen LogP contribution in [-0.4, -0.2) is 24.5 Å². The summed E-state index contributed by atoms with van der Waals surface area (Å²) in [5.74, 6) is 0.248. The van der Waals surface area contributed by atoms with Gasteiger partial charge in [0.25, 0.3) is 0 Å². The number of rotatable bonds is 5. The topological polar surface area (TPSA) is 76.0 Å². The van der Waals surface area contributed by atoms with E-state index in [-0.39, 0.29) is 36.3 Å². The van der Waals surface area contributed by atoms with Crippen molar-refractivity contribution in [3.05, 3.63) is 71.2 Å². The molecule has 2 aromatic carbocycles. The minimum absolute atomic E-state index is 0. The van der Waals surface area contributed by atoms with Gasteiger partial charge in [0.05, 0.1) is 11.6 Å². The summed E-state index contributed by atoms with van der Waals surface area (Å²) in [4.78, 5) is 7.42. The molecule has 0 fully saturated rings. The summed E-state index contributed by atoms with van der Waals surface area (Å²) in [7, 11) is 1.67. The highest BCUT2D eigenvalue weighted by Crippen LogP contribution is 2.17. The first-order valence-corrected chi connectivity index (χ1v) is 8.39. The fraction of sp³-hybridized carbons (Fsp3) is 0.200. The van der Waals surface area contributed by atoms with Crippen LogP contribution in [0, 0.1) is 17.1 Å². The van der Waals surface area contributed by atoms with Gasteiger partial charge in [-0.25, -0.2) is 4.39 Å². The second-order valence-corrected chi connectivity index (χ2v) is 5.88. The summed E-state index contributed by atoms with van der Waals surface area (Å²) in [5, 5.41) is 16.4. The normalized spacial score (nSPS) is 10.9. The number of aromatic amines is 1. The molecular formula is C20H21FIN5. The fourth-order valence-corrected chi connectivity index (χ4v) is 2.83. The Morgan fingerprint density at radius 1 is 1.19 bits per heavy atom. The van der Waals surface area contributed by atoms with Crippen molar-refractivity contribution in [3.63, 3.8) is 0 Å². The summed E-state index contributed by atoms with van der Waals surface area (Å²) in [6.45, 7) is 0.955. The molecule has 0 aliphatic carbocycles. The molecular weight excluding hydrogens is 456 g/mol. The molecule has 0 spiro atoms. The number of fused-ring (bicyclic) bond motifs is 1. The lowest BCUT2D eigenvalue weighted by Crippen LogP contribution is -2.38. The van der Waals surface area contributed by atoms with Gasteiger partial charge >= 0.3 is 0 Å². The van der Waals surface area contributed by atoms with Crippen LogP contribution >= 0.6 is 24.0 Å². The molecule has 0 atom stereocenters. The predicted octanol–water partition coefficient (Wildman–Crippen LogP) is 3.70. The maximum absolute atomic E-state index is 13.8. The minimum atomic E-state index is -0.342. The van der Waals surface area contributed by atoms with Gasteiger partial charge in [-0.3, -0.25) is 4.99 Å². The minimum Gasteiger partial charge on any atom is -0.361 e. The van der Waals surface area contributed by atoms with Crippen molar-refractivity contribution in [1.82, 2.24) is 15.6 Å². The number of nitrogens with zero attached hydrogens (tertiary/aromatic N) is 2. The molecule has 7 heteroatoms. The first-order valence-electron chi connectivity index (χ1n) is 8.39. The van der Waals surface area contributed by atoms with E-state index in [9.17, 15) is 4.39 Å². The zero-order valence-electron chi connectivity index (χ0n) is 14.9. The van der Waals surface area contributed by atoms with Gasteiger partial charge in [0, 0.05) is 42.8 Å².